The molecule has 0 amide bonds. The van der Waals surface area contributed by atoms with E-state index in [0.29, 0.717) is 0 Å². The maximum absolute atomic E-state index is 5.60. The van der Waals surface area contributed by atoms with Crippen LogP contribution < -0.4 is 19.3 Å². The van der Waals surface area contributed by atoms with E-state index in [1.165, 1.54) is 22.4 Å². The van der Waals surface area contributed by atoms with E-state index >= 15 is 0 Å². The third-order valence-electron chi connectivity index (χ3n) is 5.81. The van der Waals surface area contributed by atoms with E-state index in [1.54, 1.807) is 14.2 Å². The number of methoxy groups -OCH3 is 2. The van der Waals surface area contributed by atoms with Gasteiger partial charge in [0.1, 0.15) is 22.8 Å². The predicted molar refractivity (Wildman–Crippen MR) is 120 cm³/mol. The molecule has 2 heterocycles. The second-order valence-electron chi connectivity index (χ2n) is 7.79. The molecule has 29 heavy (non-hydrogen) atoms. The Kier molecular flexibility index (Phi) is 5.22. The Hall–Kier alpha value is -2.95. The minimum Gasteiger partial charge on any atom is -0.497 e. The lowest BCUT2D eigenvalue weighted by atomic mass is 10.1. The highest BCUT2D eigenvalue weighted by atomic mass is 16.5. The zero-order valence-electron chi connectivity index (χ0n) is 18.0. The number of aryl methyl sites for hydroxylation is 3. The molecule has 0 unspecified atom stereocenters. The van der Waals surface area contributed by atoms with E-state index in [2.05, 4.69) is 54.8 Å². The van der Waals surface area contributed by atoms with Gasteiger partial charge < -0.3 is 19.3 Å². The van der Waals surface area contributed by atoms with Crippen molar-refractivity contribution in [3.05, 3.63) is 53.1 Å². The zero-order chi connectivity index (χ0) is 20.5. The molecule has 0 spiro atoms. The van der Waals surface area contributed by atoms with Crippen molar-refractivity contribution in [3.63, 3.8) is 0 Å². The first-order valence-electron chi connectivity index (χ1n) is 10.1. The molecule has 1 saturated heterocycles. The van der Waals surface area contributed by atoms with Gasteiger partial charge in [-0.05, 0) is 55.7 Å². The molecule has 0 N–H and O–H groups in total. The fourth-order valence-electron chi connectivity index (χ4n) is 4.09. The van der Waals surface area contributed by atoms with E-state index in [1.807, 2.05) is 12.1 Å². The first-order chi connectivity index (χ1) is 14.0. The summed E-state index contributed by atoms with van der Waals surface area (Å²) in [6.45, 7) is 10.3. The highest BCUT2D eigenvalue weighted by Crippen LogP contribution is 2.34. The van der Waals surface area contributed by atoms with E-state index < -0.39 is 0 Å². The quantitative estimate of drug-likeness (QED) is 0.654. The molecule has 0 saturated carbocycles. The maximum Gasteiger partial charge on any atom is 0.148 e. The van der Waals surface area contributed by atoms with Gasteiger partial charge in [-0.3, -0.25) is 0 Å². The van der Waals surface area contributed by atoms with E-state index in [4.69, 9.17) is 14.5 Å². The summed E-state index contributed by atoms with van der Waals surface area (Å²) < 4.78 is 11.0. The van der Waals surface area contributed by atoms with Crippen molar-refractivity contribution in [3.8, 4) is 11.5 Å². The zero-order valence-corrected chi connectivity index (χ0v) is 18.0. The Bertz CT molecular complexity index is 1040. The summed E-state index contributed by atoms with van der Waals surface area (Å²) in [4.78, 5) is 9.82. The summed E-state index contributed by atoms with van der Waals surface area (Å²) in [6, 6.07) is 12.8. The largest absolute Gasteiger partial charge is 0.497 e. The molecule has 0 atom stereocenters. The van der Waals surface area contributed by atoms with Crippen LogP contribution in [0.15, 0.2) is 36.4 Å². The molecule has 1 aliphatic rings. The van der Waals surface area contributed by atoms with Gasteiger partial charge in [0.2, 0.25) is 0 Å². The van der Waals surface area contributed by atoms with Crippen LogP contribution in [-0.2, 0) is 0 Å². The molecule has 2 aromatic carbocycles. The Labute approximate surface area is 172 Å². The van der Waals surface area contributed by atoms with Gasteiger partial charge >= 0.3 is 0 Å². The van der Waals surface area contributed by atoms with Gasteiger partial charge in [-0.15, -0.1) is 0 Å². The molecule has 5 nitrogen and oxygen atoms in total. The summed E-state index contributed by atoms with van der Waals surface area (Å²) >= 11 is 0. The average molecular weight is 392 g/mol. The molecule has 0 radical (unpaired) electrons. The van der Waals surface area contributed by atoms with Crippen molar-refractivity contribution < 1.29 is 9.47 Å². The van der Waals surface area contributed by atoms with E-state index in [-0.39, 0.29) is 0 Å². The van der Waals surface area contributed by atoms with Crippen LogP contribution in [0.1, 0.15) is 16.7 Å². The second kappa shape index (κ2) is 7.82. The minimum absolute atomic E-state index is 0.748. The lowest BCUT2D eigenvalue weighted by molar-refractivity contribution is 0.397. The number of hydrogen-bond donors (Lipinski definition) is 0. The lowest BCUT2D eigenvalue weighted by Crippen LogP contribution is -2.47. The number of ether oxygens (including phenoxy) is 2. The average Bonchev–Trinajstić information content (AvgIpc) is 2.75. The van der Waals surface area contributed by atoms with Crippen LogP contribution in [0.25, 0.3) is 10.9 Å². The van der Waals surface area contributed by atoms with Crippen LogP contribution in [0.5, 0.6) is 11.5 Å². The van der Waals surface area contributed by atoms with Crippen molar-refractivity contribution in [2.24, 2.45) is 0 Å². The smallest absolute Gasteiger partial charge is 0.148 e. The Morgan fingerprint density at radius 1 is 0.793 bits per heavy atom. The molecule has 4 rings (SSSR count). The van der Waals surface area contributed by atoms with Gasteiger partial charge in [0.25, 0.3) is 0 Å². The summed E-state index contributed by atoms with van der Waals surface area (Å²) in [5, 5.41) is 1.07. The number of aromatic nitrogens is 1. The van der Waals surface area contributed by atoms with Gasteiger partial charge in [0.05, 0.1) is 14.2 Å². The third kappa shape index (κ3) is 3.69. The third-order valence-corrected chi connectivity index (χ3v) is 5.81. The Morgan fingerprint density at radius 2 is 1.52 bits per heavy atom. The van der Waals surface area contributed by atoms with E-state index in [9.17, 15) is 0 Å². The van der Waals surface area contributed by atoms with Gasteiger partial charge in [-0.1, -0.05) is 12.1 Å². The van der Waals surface area contributed by atoms with Crippen molar-refractivity contribution in [2.75, 3.05) is 50.2 Å². The highest BCUT2D eigenvalue weighted by molar-refractivity contribution is 5.90. The van der Waals surface area contributed by atoms with E-state index in [0.717, 1.165) is 54.4 Å². The fraction of sp³-hybridized carbons (Fsp3) is 0.375. The lowest BCUT2D eigenvalue weighted by Gasteiger charge is -2.37. The molecule has 0 bridgehead atoms. The molecule has 1 aromatic heterocycles. The Morgan fingerprint density at radius 3 is 2.21 bits per heavy atom. The molecule has 1 aliphatic heterocycles. The van der Waals surface area contributed by atoms with Crippen LogP contribution in [-0.4, -0.2) is 45.4 Å². The van der Waals surface area contributed by atoms with Gasteiger partial charge in [-0.25, -0.2) is 4.98 Å². The van der Waals surface area contributed by atoms with Crippen molar-refractivity contribution >= 4 is 22.4 Å². The first kappa shape index (κ1) is 19.4. The molecule has 5 heteroatoms. The number of rotatable bonds is 4. The number of piperazine rings is 1. The first-order valence-corrected chi connectivity index (χ1v) is 10.1. The van der Waals surface area contributed by atoms with Gasteiger partial charge in [0, 0.05) is 43.3 Å². The van der Waals surface area contributed by atoms with Crippen molar-refractivity contribution in [1.82, 2.24) is 4.98 Å². The maximum atomic E-state index is 5.60. The fourth-order valence-corrected chi connectivity index (χ4v) is 4.09. The molecule has 1 fully saturated rings. The number of nitrogens with zero attached hydrogens (tertiary/aromatic N) is 3. The molecule has 3 aromatic rings. The number of benzene rings is 2. The minimum atomic E-state index is 0.748. The van der Waals surface area contributed by atoms with Crippen LogP contribution in [0.2, 0.25) is 0 Å². The predicted octanol–water partition coefficient (Wildman–Crippen LogP) is 4.50. The van der Waals surface area contributed by atoms with Crippen LogP contribution in [0.3, 0.4) is 0 Å². The van der Waals surface area contributed by atoms with Crippen LogP contribution in [0.4, 0.5) is 11.5 Å². The van der Waals surface area contributed by atoms with Crippen LogP contribution >= 0.6 is 0 Å². The van der Waals surface area contributed by atoms with Gasteiger partial charge in [-0.2, -0.15) is 0 Å². The number of hydrogen-bond acceptors (Lipinski definition) is 5. The summed E-state index contributed by atoms with van der Waals surface area (Å²) in [5.41, 5.74) is 6.06. The highest BCUT2D eigenvalue weighted by Gasteiger charge is 2.21. The number of fused-ring (bicyclic) bond motifs is 1. The SMILES string of the molecule is COc1cc(OC)c2nc(N3CCN(c4cc(C)ccc4C)CC3)cc(C)c2c1. The van der Waals surface area contributed by atoms with Crippen molar-refractivity contribution in [1.29, 1.82) is 0 Å². The normalized spacial score (nSPS) is 14.4. The molecule has 0 aliphatic carbocycles. The topological polar surface area (TPSA) is 37.8 Å². The summed E-state index contributed by atoms with van der Waals surface area (Å²) in [5.74, 6) is 2.55. The van der Waals surface area contributed by atoms with Crippen molar-refractivity contribution in [2.45, 2.75) is 20.8 Å². The van der Waals surface area contributed by atoms with Gasteiger partial charge in [0.15, 0.2) is 0 Å². The second-order valence-corrected chi connectivity index (χ2v) is 7.79. The number of anilines is 2. The molecule has 152 valence electrons. The summed E-state index contributed by atoms with van der Waals surface area (Å²) in [6.07, 6.45) is 0. The summed E-state index contributed by atoms with van der Waals surface area (Å²) in [7, 11) is 3.36. The molecular weight excluding hydrogens is 362 g/mol. The molecular formula is C24H29N3O2. The van der Waals surface area contributed by atoms with Crippen LogP contribution in [0, 0.1) is 20.8 Å². The Balaban J connectivity index is 1.60. The monoisotopic (exact) mass is 391 g/mol. The number of pyridine rings is 1. The standard InChI is InChI=1S/C24H29N3O2/c1-16-6-7-17(2)21(12-16)26-8-10-27(11-9-26)23-13-18(3)20-14-19(28-4)15-22(29-5)24(20)25-23/h6-7,12-15H,8-11H2,1-5H3.